The molecule has 1 atom stereocenters. The van der Waals surface area contributed by atoms with E-state index in [1.807, 2.05) is 18.7 Å². The first-order valence-corrected chi connectivity index (χ1v) is 9.09. The molecule has 0 radical (unpaired) electrons. The van der Waals surface area contributed by atoms with Gasteiger partial charge < -0.3 is 14.4 Å². The van der Waals surface area contributed by atoms with Crippen molar-refractivity contribution in [2.24, 2.45) is 0 Å². The van der Waals surface area contributed by atoms with E-state index in [0.717, 1.165) is 37.6 Å². The van der Waals surface area contributed by atoms with Crippen LogP contribution in [0.4, 0.5) is 0 Å². The van der Waals surface area contributed by atoms with Gasteiger partial charge in [0.1, 0.15) is 11.9 Å². The fourth-order valence-corrected chi connectivity index (χ4v) is 3.12. The van der Waals surface area contributed by atoms with E-state index in [2.05, 4.69) is 15.2 Å². The maximum atomic E-state index is 12.4. The largest absolute Gasteiger partial charge is 0.379 e. The number of hydrogen-bond acceptors (Lipinski definition) is 5. The first kappa shape index (κ1) is 17.4. The van der Waals surface area contributed by atoms with Crippen molar-refractivity contribution in [2.75, 3.05) is 32.9 Å². The lowest BCUT2D eigenvalue weighted by atomic mass is 9.96. The average Bonchev–Trinajstić information content (AvgIpc) is 3.35. The Morgan fingerprint density at radius 1 is 1.25 bits per heavy atom. The van der Waals surface area contributed by atoms with Crippen LogP contribution in [0.2, 0.25) is 0 Å². The Balaban J connectivity index is 1.42. The highest BCUT2D eigenvalue weighted by Gasteiger charge is 2.31. The van der Waals surface area contributed by atoms with Gasteiger partial charge in [0, 0.05) is 31.5 Å². The Hall–Kier alpha value is -1.47. The molecule has 0 aromatic carbocycles. The van der Waals surface area contributed by atoms with Gasteiger partial charge in [-0.2, -0.15) is 5.10 Å². The number of carbonyl (C=O) groups is 1. The first-order chi connectivity index (χ1) is 11.7. The van der Waals surface area contributed by atoms with E-state index < -0.39 is 6.10 Å². The molecule has 134 valence electrons. The molecule has 0 spiro atoms. The van der Waals surface area contributed by atoms with Crippen molar-refractivity contribution in [3.05, 3.63) is 11.6 Å². The minimum Gasteiger partial charge on any atom is -0.379 e. The molecule has 7 heteroatoms. The fraction of sp³-hybridized carbons (Fsp3) is 0.824. The number of carbonyl (C=O) groups excluding carboxylic acids is 1. The number of aromatic amines is 1. The predicted molar refractivity (Wildman–Crippen MR) is 88.8 cm³/mol. The SMILES string of the molecule is CCOCCO[C@H](C)C(=O)N1CCC(c2nc(C3CC3)n[nH]2)CC1. The van der Waals surface area contributed by atoms with Crippen LogP contribution in [0, 0.1) is 0 Å². The molecule has 1 saturated carbocycles. The number of nitrogens with one attached hydrogen (secondary N) is 1. The van der Waals surface area contributed by atoms with E-state index in [1.165, 1.54) is 12.8 Å². The molecule has 2 fully saturated rings. The van der Waals surface area contributed by atoms with Gasteiger partial charge in [-0.05, 0) is 39.5 Å². The molecule has 24 heavy (non-hydrogen) atoms. The normalized spacial score (nSPS) is 20.3. The lowest BCUT2D eigenvalue weighted by Gasteiger charge is -2.32. The molecule has 1 N–H and O–H groups in total. The smallest absolute Gasteiger partial charge is 0.251 e. The number of hydrogen-bond donors (Lipinski definition) is 1. The minimum absolute atomic E-state index is 0.0705. The Bertz CT molecular complexity index is 536. The Kier molecular flexibility index (Phi) is 5.84. The lowest BCUT2D eigenvalue weighted by Crippen LogP contribution is -2.43. The number of ether oxygens (including phenoxy) is 2. The second-order valence-electron chi connectivity index (χ2n) is 6.66. The fourth-order valence-electron chi connectivity index (χ4n) is 3.12. The number of nitrogens with zero attached hydrogens (tertiary/aromatic N) is 3. The van der Waals surface area contributed by atoms with Crippen molar-refractivity contribution in [3.63, 3.8) is 0 Å². The summed E-state index contributed by atoms with van der Waals surface area (Å²) in [5.41, 5.74) is 0. The van der Waals surface area contributed by atoms with Crippen LogP contribution in [-0.2, 0) is 14.3 Å². The molecule has 1 aliphatic carbocycles. The van der Waals surface area contributed by atoms with E-state index in [0.29, 0.717) is 31.7 Å². The summed E-state index contributed by atoms with van der Waals surface area (Å²) >= 11 is 0. The molecule has 1 amide bonds. The van der Waals surface area contributed by atoms with Crippen LogP contribution >= 0.6 is 0 Å². The van der Waals surface area contributed by atoms with Crippen molar-refractivity contribution < 1.29 is 14.3 Å². The molecule has 1 aromatic rings. The van der Waals surface area contributed by atoms with E-state index in [-0.39, 0.29) is 5.91 Å². The van der Waals surface area contributed by atoms with Crippen LogP contribution in [0.5, 0.6) is 0 Å². The molecular formula is C17H28N4O3. The number of likely N-dealkylation sites (tertiary alicyclic amines) is 1. The zero-order valence-electron chi connectivity index (χ0n) is 14.7. The number of piperidine rings is 1. The average molecular weight is 336 g/mol. The van der Waals surface area contributed by atoms with Crippen LogP contribution < -0.4 is 0 Å². The summed E-state index contributed by atoms with van der Waals surface area (Å²) < 4.78 is 10.8. The Morgan fingerprint density at radius 2 is 2.00 bits per heavy atom. The lowest BCUT2D eigenvalue weighted by molar-refractivity contribution is -0.144. The summed E-state index contributed by atoms with van der Waals surface area (Å²) in [6.07, 6.45) is 3.87. The molecule has 1 aliphatic heterocycles. The number of amides is 1. The topological polar surface area (TPSA) is 80.3 Å². The summed E-state index contributed by atoms with van der Waals surface area (Å²) in [5, 5.41) is 7.44. The first-order valence-electron chi connectivity index (χ1n) is 9.09. The van der Waals surface area contributed by atoms with Gasteiger partial charge in [0.2, 0.25) is 0 Å². The second-order valence-corrected chi connectivity index (χ2v) is 6.66. The van der Waals surface area contributed by atoms with E-state index in [9.17, 15) is 4.79 Å². The predicted octanol–water partition coefficient (Wildman–Crippen LogP) is 1.83. The van der Waals surface area contributed by atoms with Gasteiger partial charge >= 0.3 is 0 Å². The molecule has 2 heterocycles. The van der Waals surface area contributed by atoms with Crippen molar-refractivity contribution in [2.45, 2.75) is 57.5 Å². The highest BCUT2D eigenvalue weighted by molar-refractivity contribution is 5.80. The number of H-pyrrole nitrogens is 1. The maximum absolute atomic E-state index is 12.4. The molecule has 1 aromatic heterocycles. The third kappa shape index (κ3) is 4.33. The van der Waals surface area contributed by atoms with Crippen molar-refractivity contribution >= 4 is 5.91 Å². The summed E-state index contributed by atoms with van der Waals surface area (Å²) in [6, 6.07) is 0. The van der Waals surface area contributed by atoms with Crippen molar-refractivity contribution in [1.29, 1.82) is 0 Å². The van der Waals surface area contributed by atoms with Gasteiger partial charge in [-0.3, -0.25) is 9.89 Å². The zero-order valence-corrected chi connectivity index (χ0v) is 14.7. The van der Waals surface area contributed by atoms with Crippen molar-refractivity contribution in [1.82, 2.24) is 20.1 Å². The van der Waals surface area contributed by atoms with E-state index in [4.69, 9.17) is 9.47 Å². The van der Waals surface area contributed by atoms with Gasteiger partial charge in [0.05, 0.1) is 13.2 Å². The summed E-state index contributed by atoms with van der Waals surface area (Å²) in [5.74, 6) is 2.99. The molecular weight excluding hydrogens is 308 g/mol. The monoisotopic (exact) mass is 336 g/mol. The Labute approximate surface area is 143 Å². The molecule has 3 rings (SSSR count). The highest BCUT2D eigenvalue weighted by atomic mass is 16.5. The minimum atomic E-state index is -0.409. The van der Waals surface area contributed by atoms with Gasteiger partial charge in [0.15, 0.2) is 5.82 Å². The van der Waals surface area contributed by atoms with E-state index in [1.54, 1.807) is 0 Å². The van der Waals surface area contributed by atoms with Gasteiger partial charge in [-0.15, -0.1) is 0 Å². The van der Waals surface area contributed by atoms with Crippen LogP contribution in [0.1, 0.15) is 63.0 Å². The third-order valence-electron chi connectivity index (χ3n) is 4.80. The number of rotatable bonds is 8. The van der Waals surface area contributed by atoms with Crippen LogP contribution in [0.3, 0.4) is 0 Å². The van der Waals surface area contributed by atoms with Crippen molar-refractivity contribution in [3.8, 4) is 0 Å². The number of aromatic nitrogens is 3. The molecule has 1 saturated heterocycles. The van der Waals surface area contributed by atoms with Gasteiger partial charge in [-0.25, -0.2) is 4.98 Å². The third-order valence-corrected chi connectivity index (χ3v) is 4.80. The van der Waals surface area contributed by atoms with Gasteiger partial charge in [-0.1, -0.05) is 0 Å². The van der Waals surface area contributed by atoms with Crippen LogP contribution in [0.25, 0.3) is 0 Å². The molecule has 0 bridgehead atoms. The molecule has 0 unspecified atom stereocenters. The standard InChI is InChI=1S/C17H28N4O3/c1-3-23-10-11-24-12(2)17(22)21-8-6-14(7-9-21)16-18-15(19-20-16)13-4-5-13/h12-14H,3-11H2,1-2H3,(H,18,19,20)/t12-/m1/s1. The summed E-state index contributed by atoms with van der Waals surface area (Å²) in [4.78, 5) is 19.0. The van der Waals surface area contributed by atoms with Crippen LogP contribution in [0.15, 0.2) is 0 Å². The molecule has 7 nitrogen and oxygen atoms in total. The summed E-state index contributed by atoms with van der Waals surface area (Å²) in [7, 11) is 0. The van der Waals surface area contributed by atoms with Crippen LogP contribution in [-0.4, -0.2) is 65.0 Å². The summed E-state index contributed by atoms with van der Waals surface area (Å²) in [6.45, 7) is 6.93. The Morgan fingerprint density at radius 3 is 2.67 bits per heavy atom. The zero-order chi connectivity index (χ0) is 16.9. The maximum Gasteiger partial charge on any atom is 0.251 e. The van der Waals surface area contributed by atoms with Gasteiger partial charge in [0.25, 0.3) is 5.91 Å². The van der Waals surface area contributed by atoms with E-state index >= 15 is 0 Å². The highest BCUT2D eigenvalue weighted by Crippen LogP contribution is 2.38. The second kappa shape index (κ2) is 8.07. The quantitative estimate of drug-likeness (QED) is 0.733. The molecule has 2 aliphatic rings.